The lowest BCUT2D eigenvalue weighted by Crippen LogP contribution is -2.11. The maximum absolute atomic E-state index is 11.7. The summed E-state index contributed by atoms with van der Waals surface area (Å²) in [6.45, 7) is 1.78. The van der Waals surface area contributed by atoms with Gasteiger partial charge in [-0.25, -0.2) is 9.97 Å². The Balaban J connectivity index is 0. The van der Waals surface area contributed by atoms with E-state index in [0.717, 1.165) is 10.9 Å². The van der Waals surface area contributed by atoms with Crippen LogP contribution in [0.3, 0.4) is 0 Å². The molecule has 0 fully saturated rings. The van der Waals surface area contributed by atoms with Crippen molar-refractivity contribution in [3.8, 4) is 11.4 Å². The highest BCUT2D eigenvalue weighted by Crippen LogP contribution is 2.31. The Labute approximate surface area is 168 Å². The fourth-order valence-electron chi connectivity index (χ4n) is 2.26. The molecule has 15 heteroatoms. The van der Waals surface area contributed by atoms with Crippen LogP contribution in [0.25, 0.3) is 22.3 Å². The zero-order valence-corrected chi connectivity index (χ0v) is 15.9. The number of nitrogens with zero attached hydrogens (tertiary/aromatic N) is 4. The fourth-order valence-corrected chi connectivity index (χ4v) is 2.39. The molecular weight excluding hydrogens is 454 g/mol. The number of carbonyl (C=O) groups excluding carboxylic acids is 1. The van der Waals surface area contributed by atoms with Crippen molar-refractivity contribution in [2.24, 2.45) is 7.05 Å². The monoisotopic (exact) mass is 467 g/mol. The molecule has 0 spiro atoms. The molecule has 0 radical (unpaired) electrons. The van der Waals surface area contributed by atoms with Crippen LogP contribution < -0.4 is 5.32 Å². The van der Waals surface area contributed by atoms with E-state index in [-0.39, 0.29) is 11.2 Å². The number of benzene rings is 1. The third-order valence-electron chi connectivity index (χ3n) is 3.34. The maximum atomic E-state index is 11.7. The van der Waals surface area contributed by atoms with Crippen molar-refractivity contribution >= 4 is 34.1 Å². The van der Waals surface area contributed by atoms with Crippen LogP contribution in [0.5, 0.6) is 0 Å². The Morgan fingerprint density at radius 3 is 2.17 bits per heavy atom. The molecule has 0 aliphatic heterocycles. The first-order chi connectivity index (χ1) is 14.6. The largest absolute Gasteiger partial charge is 0.323 e. The number of aromatic nitrogens is 4. The van der Waals surface area contributed by atoms with E-state index in [4.69, 9.17) is 48.2 Å². The van der Waals surface area contributed by atoms with Gasteiger partial charge in [0.2, 0.25) is 11.2 Å². The number of carbonyl (C=O) groups is 1. The Hall–Kier alpha value is -3.03. The number of anilines is 1. The predicted octanol–water partition coefficient (Wildman–Crippen LogP) is 6.39. The van der Waals surface area contributed by atoms with Crippen molar-refractivity contribution in [2.75, 3.05) is 5.32 Å². The van der Waals surface area contributed by atoms with E-state index in [1.54, 1.807) is 11.6 Å². The van der Waals surface area contributed by atoms with Crippen LogP contribution in [0.1, 0.15) is 13.3 Å². The second-order valence-electron chi connectivity index (χ2n) is 4.79. The van der Waals surface area contributed by atoms with Gasteiger partial charge < -0.3 is 5.32 Å². The minimum Gasteiger partial charge on any atom is -0.323 e. The van der Waals surface area contributed by atoms with Crippen LogP contribution >= 0.6 is 11.6 Å². The Morgan fingerprint density at radius 1 is 1.03 bits per heavy atom. The number of aryl methyl sites for hydroxylation is 1. The summed E-state index contributed by atoms with van der Waals surface area (Å²) >= 11 is 5.93. The van der Waals surface area contributed by atoms with Crippen molar-refractivity contribution < 1.29 is 41.4 Å². The van der Waals surface area contributed by atoms with Gasteiger partial charge in [-0.3, -0.25) is 9.48 Å². The smallest absolute Gasteiger partial charge is 0.224 e. The van der Waals surface area contributed by atoms with E-state index in [9.17, 15) is 4.79 Å². The SMILES string of the molecule is CCC(=O)Nc1cnc(Cl)nc1-c1nn(C)c2ccccc12.FF.FF.FF.FF. The third kappa shape index (κ3) is 7.77. The summed E-state index contributed by atoms with van der Waals surface area (Å²) < 4.78 is 65.8. The van der Waals surface area contributed by atoms with Crippen LogP contribution in [0.15, 0.2) is 30.5 Å². The third-order valence-corrected chi connectivity index (χ3v) is 3.52. The van der Waals surface area contributed by atoms with Crippen molar-refractivity contribution in [1.82, 2.24) is 19.7 Å². The van der Waals surface area contributed by atoms with Gasteiger partial charge in [-0.05, 0) is 17.7 Å². The van der Waals surface area contributed by atoms with Crippen LogP contribution in [0.4, 0.5) is 42.3 Å². The van der Waals surface area contributed by atoms with E-state index in [0.29, 0.717) is 23.5 Å². The summed E-state index contributed by atoms with van der Waals surface area (Å²) in [4.78, 5) is 19.9. The summed E-state index contributed by atoms with van der Waals surface area (Å²) in [6, 6.07) is 7.80. The number of hydrogen-bond donors (Lipinski definition) is 1. The highest BCUT2D eigenvalue weighted by atomic mass is 35.5. The van der Waals surface area contributed by atoms with Gasteiger partial charge in [-0.2, -0.15) is 5.10 Å². The number of fused-ring (bicyclic) bond motifs is 1. The van der Waals surface area contributed by atoms with Crippen molar-refractivity contribution in [2.45, 2.75) is 13.3 Å². The molecule has 1 amide bonds. The Bertz CT molecular complexity index is 883. The van der Waals surface area contributed by atoms with Gasteiger partial charge in [0, 0.05) is 55.4 Å². The molecular formula is C15H14ClF8N5O. The van der Waals surface area contributed by atoms with Crippen LogP contribution in [0, 0.1) is 0 Å². The van der Waals surface area contributed by atoms with E-state index in [2.05, 4.69) is 20.4 Å². The standard InChI is InChI=1S/C15H14ClN5O.4F2/c1-3-12(22)18-10-8-17-15(16)19-14(10)13-9-6-4-5-7-11(9)21(2)20-13;4*1-2/h4-8H,3H2,1-2H3,(H,18,22);;;;. The Kier molecular flexibility index (Phi) is 16.4. The van der Waals surface area contributed by atoms with Crippen LogP contribution in [-0.4, -0.2) is 25.7 Å². The molecule has 0 unspecified atom stereocenters. The normalized spacial score (nSPS) is 8.77. The second kappa shape index (κ2) is 16.9. The minimum absolute atomic E-state index is 0.110. The molecule has 1 aromatic carbocycles. The first-order valence-corrected chi connectivity index (χ1v) is 7.79. The van der Waals surface area contributed by atoms with Gasteiger partial charge in [-0.15, -0.1) is 0 Å². The molecule has 2 aromatic heterocycles. The van der Waals surface area contributed by atoms with E-state index in [1.165, 1.54) is 6.20 Å². The van der Waals surface area contributed by atoms with Crippen molar-refractivity contribution in [3.63, 3.8) is 0 Å². The number of rotatable bonds is 3. The zero-order chi connectivity index (χ0) is 23.7. The lowest BCUT2D eigenvalue weighted by atomic mass is 10.1. The molecule has 6 nitrogen and oxygen atoms in total. The zero-order valence-electron chi connectivity index (χ0n) is 15.2. The van der Waals surface area contributed by atoms with E-state index < -0.39 is 0 Å². The molecule has 0 aliphatic rings. The number of para-hydroxylation sites is 1. The van der Waals surface area contributed by atoms with Gasteiger partial charge in [0.1, 0.15) is 11.4 Å². The fraction of sp³-hybridized carbons (Fsp3) is 0.200. The quantitative estimate of drug-likeness (QED) is 0.357. The van der Waals surface area contributed by atoms with E-state index in [1.807, 2.05) is 31.3 Å². The molecule has 2 heterocycles. The highest BCUT2D eigenvalue weighted by molar-refractivity contribution is 6.28. The Morgan fingerprint density at radius 2 is 1.60 bits per heavy atom. The predicted molar refractivity (Wildman–Crippen MR) is 94.5 cm³/mol. The maximum Gasteiger partial charge on any atom is 0.224 e. The summed E-state index contributed by atoms with van der Waals surface area (Å²) in [6.07, 6.45) is 1.87. The minimum atomic E-state index is -0.118. The number of amides is 1. The summed E-state index contributed by atoms with van der Waals surface area (Å²) in [5.41, 5.74) is 2.65. The average Bonchev–Trinajstić information content (AvgIpc) is 3.17. The first kappa shape index (κ1) is 29.2. The molecule has 0 atom stereocenters. The lowest BCUT2D eigenvalue weighted by Gasteiger charge is -2.08. The van der Waals surface area contributed by atoms with Gasteiger partial charge in [0.15, 0.2) is 0 Å². The molecule has 0 aliphatic carbocycles. The molecule has 30 heavy (non-hydrogen) atoms. The molecule has 1 N–H and O–H groups in total. The molecule has 0 saturated carbocycles. The van der Waals surface area contributed by atoms with Gasteiger partial charge in [0.05, 0.1) is 17.4 Å². The topological polar surface area (TPSA) is 72.7 Å². The molecule has 0 bridgehead atoms. The van der Waals surface area contributed by atoms with Crippen molar-refractivity contribution in [3.05, 3.63) is 35.7 Å². The van der Waals surface area contributed by atoms with Gasteiger partial charge in [-0.1, -0.05) is 25.1 Å². The molecule has 0 saturated heterocycles. The van der Waals surface area contributed by atoms with Crippen LogP contribution in [-0.2, 0) is 11.8 Å². The number of nitrogens with one attached hydrogen (secondary N) is 1. The summed E-state index contributed by atoms with van der Waals surface area (Å²) in [5.74, 6) is -0.118. The summed E-state index contributed by atoms with van der Waals surface area (Å²) in [5, 5.41) is 8.35. The van der Waals surface area contributed by atoms with Gasteiger partial charge in [0.25, 0.3) is 0 Å². The molecule has 3 aromatic rings. The van der Waals surface area contributed by atoms with E-state index >= 15 is 0 Å². The first-order valence-electron chi connectivity index (χ1n) is 7.41. The van der Waals surface area contributed by atoms with Gasteiger partial charge >= 0.3 is 0 Å². The summed E-state index contributed by atoms with van der Waals surface area (Å²) in [7, 11) is 1.86. The number of halogens is 9. The molecule has 3 rings (SSSR count). The highest BCUT2D eigenvalue weighted by Gasteiger charge is 2.17. The van der Waals surface area contributed by atoms with Crippen molar-refractivity contribution in [1.29, 1.82) is 0 Å². The lowest BCUT2D eigenvalue weighted by molar-refractivity contribution is -0.115. The van der Waals surface area contributed by atoms with Crippen LogP contribution in [0.2, 0.25) is 5.28 Å². The second-order valence-corrected chi connectivity index (χ2v) is 5.13. The average molecular weight is 468 g/mol. The number of hydrogen-bond acceptors (Lipinski definition) is 4. The molecule has 168 valence electrons.